The van der Waals surface area contributed by atoms with E-state index in [4.69, 9.17) is 18.9 Å². The molecule has 3 aromatic rings. The highest BCUT2D eigenvalue weighted by Crippen LogP contribution is 2.35. The topological polar surface area (TPSA) is 77.5 Å². The normalized spacial score (nSPS) is 19.7. The number of carbonyl (C=O) groups excluding carboxylic acids is 2. The molecule has 2 amide bonds. The SMILES string of the molecule is O=C(c1ccc2c(c1)OCO2)N(CC(=O)N1CCc2sccc2C1COc1ccccc1)CC1CCCO1. The van der Waals surface area contributed by atoms with Crippen molar-refractivity contribution in [2.75, 3.05) is 39.6 Å². The molecule has 0 saturated carbocycles. The van der Waals surface area contributed by atoms with E-state index in [0.29, 0.717) is 43.4 Å². The number of fused-ring (bicyclic) bond motifs is 2. The number of thiophene rings is 1. The lowest BCUT2D eigenvalue weighted by molar-refractivity contribution is -0.135. The zero-order valence-electron chi connectivity index (χ0n) is 21.0. The molecule has 0 spiro atoms. The van der Waals surface area contributed by atoms with Gasteiger partial charge in [-0.05, 0) is 66.6 Å². The molecule has 0 radical (unpaired) electrons. The Kier molecular flexibility index (Phi) is 7.20. The maximum absolute atomic E-state index is 13.9. The summed E-state index contributed by atoms with van der Waals surface area (Å²) < 4.78 is 22.8. The summed E-state index contributed by atoms with van der Waals surface area (Å²) in [6.45, 7) is 2.08. The van der Waals surface area contributed by atoms with E-state index < -0.39 is 0 Å². The lowest BCUT2D eigenvalue weighted by Crippen LogP contribution is -2.49. The van der Waals surface area contributed by atoms with Crippen LogP contribution in [0.5, 0.6) is 17.2 Å². The summed E-state index contributed by atoms with van der Waals surface area (Å²) in [5.74, 6) is 1.59. The molecule has 1 saturated heterocycles. The summed E-state index contributed by atoms with van der Waals surface area (Å²) in [4.78, 5) is 32.3. The van der Waals surface area contributed by atoms with E-state index in [-0.39, 0.29) is 37.3 Å². The van der Waals surface area contributed by atoms with Crippen LogP contribution in [0.2, 0.25) is 0 Å². The average Bonchev–Trinajstić information content (AvgIpc) is 3.73. The number of rotatable bonds is 8. The highest BCUT2D eigenvalue weighted by Gasteiger charge is 2.35. The summed E-state index contributed by atoms with van der Waals surface area (Å²) in [7, 11) is 0. The van der Waals surface area contributed by atoms with Crippen molar-refractivity contribution in [1.29, 1.82) is 0 Å². The molecule has 9 heteroatoms. The van der Waals surface area contributed by atoms with Gasteiger partial charge in [0.05, 0.1) is 12.1 Å². The molecule has 38 heavy (non-hydrogen) atoms. The number of hydrogen-bond donors (Lipinski definition) is 0. The van der Waals surface area contributed by atoms with Crippen LogP contribution in [0.15, 0.2) is 60.0 Å². The van der Waals surface area contributed by atoms with E-state index in [1.54, 1.807) is 34.4 Å². The molecule has 1 fully saturated rings. The van der Waals surface area contributed by atoms with Crippen LogP contribution in [0, 0.1) is 0 Å². The van der Waals surface area contributed by atoms with Gasteiger partial charge in [0.1, 0.15) is 18.9 Å². The van der Waals surface area contributed by atoms with Gasteiger partial charge in [0.25, 0.3) is 5.91 Å². The molecule has 8 nitrogen and oxygen atoms in total. The molecule has 1 aromatic heterocycles. The molecule has 0 N–H and O–H groups in total. The van der Waals surface area contributed by atoms with Crippen LogP contribution in [0.1, 0.15) is 39.7 Å². The minimum absolute atomic E-state index is 0.0333. The van der Waals surface area contributed by atoms with Gasteiger partial charge in [-0.2, -0.15) is 0 Å². The van der Waals surface area contributed by atoms with Crippen LogP contribution in [0.3, 0.4) is 0 Å². The first kappa shape index (κ1) is 24.8. The van der Waals surface area contributed by atoms with Crippen molar-refractivity contribution in [2.45, 2.75) is 31.4 Å². The largest absolute Gasteiger partial charge is 0.491 e. The molecule has 0 aliphatic carbocycles. The zero-order valence-corrected chi connectivity index (χ0v) is 21.9. The Bertz CT molecular complexity index is 1290. The first-order valence-electron chi connectivity index (χ1n) is 13.0. The summed E-state index contributed by atoms with van der Waals surface area (Å²) in [5.41, 5.74) is 1.58. The molecule has 2 atom stereocenters. The predicted molar refractivity (Wildman–Crippen MR) is 142 cm³/mol. The summed E-state index contributed by atoms with van der Waals surface area (Å²) in [6, 6.07) is 16.6. The van der Waals surface area contributed by atoms with Crippen molar-refractivity contribution < 1.29 is 28.5 Å². The van der Waals surface area contributed by atoms with E-state index in [0.717, 1.165) is 30.6 Å². The van der Waals surface area contributed by atoms with E-state index in [1.165, 1.54) is 4.88 Å². The molecular formula is C29H30N2O6S. The van der Waals surface area contributed by atoms with Gasteiger partial charge in [0, 0.05) is 30.1 Å². The standard InChI is InChI=1S/C29H30N2O6S/c32-28(31-12-10-27-23(11-14-38-27)24(31)18-35-21-5-2-1-3-6-21)17-30(16-22-7-4-13-34-22)29(33)20-8-9-25-26(15-20)37-19-36-25/h1-3,5-6,8-9,11,14-15,22,24H,4,7,10,12-13,16-19H2. The molecule has 6 rings (SSSR count). The maximum Gasteiger partial charge on any atom is 0.254 e. The number of para-hydroxylation sites is 1. The van der Waals surface area contributed by atoms with Gasteiger partial charge in [-0.3, -0.25) is 9.59 Å². The van der Waals surface area contributed by atoms with Crippen molar-refractivity contribution in [3.63, 3.8) is 0 Å². The molecule has 0 bridgehead atoms. The number of amides is 2. The lowest BCUT2D eigenvalue weighted by Gasteiger charge is -2.37. The highest BCUT2D eigenvalue weighted by atomic mass is 32.1. The van der Waals surface area contributed by atoms with Crippen LogP contribution in [0.25, 0.3) is 0 Å². The third kappa shape index (κ3) is 5.21. The lowest BCUT2D eigenvalue weighted by atomic mass is 10.00. The monoisotopic (exact) mass is 534 g/mol. The summed E-state index contributed by atoms with van der Waals surface area (Å²) >= 11 is 1.71. The first-order valence-corrected chi connectivity index (χ1v) is 13.9. The Hall–Kier alpha value is -3.56. The van der Waals surface area contributed by atoms with Crippen LogP contribution in [0.4, 0.5) is 0 Å². The number of benzene rings is 2. The van der Waals surface area contributed by atoms with E-state index in [9.17, 15) is 9.59 Å². The quantitative estimate of drug-likeness (QED) is 0.429. The second kappa shape index (κ2) is 11.0. The van der Waals surface area contributed by atoms with Crippen molar-refractivity contribution >= 4 is 23.2 Å². The van der Waals surface area contributed by atoms with Crippen molar-refractivity contribution in [3.8, 4) is 17.2 Å². The second-order valence-electron chi connectivity index (χ2n) is 9.66. The molecule has 2 aromatic carbocycles. The third-order valence-corrected chi connectivity index (χ3v) is 8.24. The Balaban J connectivity index is 1.22. The minimum atomic E-state index is -0.225. The molecule has 2 unspecified atom stereocenters. The number of ether oxygens (including phenoxy) is 4. The molecule has 198 valence electrons. The highest BCUT2D eigenvalue weighted by molar-refractivity contribution is 7.10. The van der Waals surface area contributed by atoms with Crippen LogP contribution < -0.4 is 14.2 Å². The van der Waals surface area contributed by atoms with E-state index >= 15 is 0 Å². The Morgan fingerprint density at radius 1 is 1.08 bits per heavy atom. The Labute approximate surface area is 225 Å². The summed E-state index contributed by atoms with van der Waals surface area (Å²) in [5, 5.41) is 2.07. The molecular weight excluding hydrogens is 504 g/mol. The van der Waals surface area contributed by atoms with Crippen LogP contribution in [-0.2, 0) is 16.0 Å². The molecule has 4 heterocycles. The second-order valence-corrected chi connectivity index (χ2v) is 10.7. The smallest absolute Gasteiger partial charge is 0.254 e. The zero-order chi connectivity index (χ0) is 25.9. The Morgan fingerprint density at radius 3 is 2.79 bits per heavy atom. The number of nitrogens with zero attached hydrogens (tertiary/aromatic N) is 2. The Morgan fingerprint density at radius 2 is 1.95 bits per heavy atom. The number of hydrogen-bond acceptors (Lipinski definition) is 7. The van der Waals surface area contributed by atoms with Crippen LogP contribution in [-0.4, -0.2) is 67.4 Å². The maximum atomic E-state index is 13.9. The van der Waals surface area contributed by atoms with Gasteiger partial charge >= 0.3 is 0 Å². The van der Waals surface area contributed by atoms with Crippen molar-refractivity contribution in [2.24, 2.45) is 0 Å². The summed E-state index contributed by atoms with van der Waals surface area (Å²) in [6.07, 6.45) is 2.54. The van der Waals surface area contributed by atoms with Gasteiger partial charge in [0.15, 0.2) is 11.5 Å². The third-order valence-electron chi connectivity index (χ3n) is 7.25. The van der Waals surface area contributed by atoms with Gasteiger partial charge in [0.2, 0.25) is 12.7 Å². The molecule has 3 aliphatic rings. The fraction of sp³-hybridized carbons (Fsp3) is 0.379. The molecule has 3 aliphatic heterocycles. The van der Waals surface area contributed by atoms with E-state index in [1.807, 2.05) is 35.2 Å². The van der Waals surface area contributed by atoms with Crippen LogP contribution >= 0.6 is 11.3 Å². The van der Waals surface area contributed by atoms with Crippen molar-refractivity contribution in [1.82, 2.24) is 9.80 Å². The number of carbonyl (C=O) groups is 2. The van der Waals surface area contributed by atoms with Gasteiger partial charge in [-0.25, -0.2) is 0 Å². The predicted octanol–water partition coefficient (Wildman–Crippen LogP) is 4.30. The van der Waals surface area contributed by atoms with Gasteiger partial charge in [-0.15, -0.1) is 11.3 Å². The van der Waals surface area contributed by atoms with E-state index in [2.05, 4.69) is 11.4 Å². The average molecular weight is 535 g/mol. The minimum Gasteiger partial charge on any atom is -0.491 e. The van der Waals surface area contributed by atoms with Gasteiger partial charge in [-0.1, -0.05) is 18.2 Å². The fourth-order valence-corrected chi connectivity index (χ4v) is 6.21. The van der Waals surface area contributed by atoms with Gasteiger partial charge < -0.3 is 28.7 Å². The fourth-order valence-electron chi connectivity index (χ4n) is 5.29. The first-order chi connectivity index (χ1) is 18.7. The van der Waals surface area contributed by atoms with Crippen molar-refractivity contribution in [3.05, 3.63) is 76.0 Å².